The third-order valence-electron chi connectivity index (χ3n) is 3.13. The minimum atomic E-state index is 0.188. The molecule has 1 heterocycles. The van der Waals surface area contributed by atoms with E-state index in [4.69, 9.17) is 0 Å². The number of carbonyl (C=O) groups is 2. The predicted molar refractivity (Wildman–Crippen MR) is 60.8 cm³/mol. The standard InChI is InChI=1S/C12H18N2O2/c15-11-4-3-10(9-11)13-6-5-12(16)14-7-1-2-8-14/h9,13H,1-8H2. The van der Waals surface area contributed by atoms with Gasteiger partial charge in [-0.1, -0.05) is 0 Å². The summed E-state index contributed by atoms with van der Waals surface area (Å²) in [6, 6.07) is 0. The van der Waals surface area contributed by atoms with Crippen LogP contribution in [-0.2, 0) is 9.59 Å². The van der Waals surface area contributed by atoms with E-state index in [-0.39, 0.29) is 11.7 Å². The fraction of sp³-hybridized carbons (Fsp3) is 0.667. The summed E-state index contributed by atoms with van der Waals surface area (Å²) in [5, 5.41) is 3.16. The van der Waals surface area contributed by atoms with Gasteiger partial charge in [0, 0.05) is 44.2 Å². The average molecular weight is 222 g/mol. The molecule has 0 aromatic heterocycles. The van der Waals surface area contributed by atoms with Crippen molar-refractivity contribution in [2.45, 2.75) is 32.1 Å². The highest BCUT2D eigenvalue weighted by Gasteiger charge is 2.17. The maximum Gasteiger partial charge on any atom is 0.224 e. The Morgan fingerprint density at radius 2 is 2.06 bits per heavy atom. The molecule has 1 aliphatic carbocycles. The molecule has 88 valence electrons. The molecule has 0 unspecified atom stereocenters. The monoisotopic (exact) mass is 222 g/mol. The first kappa shape index (κ1) is 11.2. The first-order chi connectivity index (χ1) is 7.75. The highest BCUT2D eigenvalue weighted by atomic mass is 16.2. The molecule has 1 fully saturated rings. The van der Waals surface area contributed by atoms with Crippen LogP contribution in [0.15, 0.2) is 11.8 Å². The Morgan fingerprint density at radius 1 is 1.31 bits per heavy atom. The zero-order chi connectivity index (χ0) is 11.4. The van der Waals surface area contributed by atoms with Crippen LogP contribution in [-0.4, -0.2) is 36.2 Å². The predicted octanol–water partition coefficient (Wildman–Crippen LogP) is 0.835. The largest absolute Gasteiger partial charge is 0.388 e. The Hall–Kier alpha value is -1.32. The second-order valence-electron chi connectivity index (χ2n) is 4.40. The lowest BCUT2D eigenvalue weighted by Gasteiger charge is -2.15. The molecule has 0 radical (unpaired) electrons. The number of allylic oxidation sites excluding steroid dienone is 2. The van der Waals surface area contributed by atoms with E-state index in [0.29, 0.717) is 19.4 Å². The van der Waals surface area contributed by atoms with E-state index in [1.807, 2.05) is 4.90 Å². The Kier molecular flexibility index (Phi) is 3.59. The molecular weight excluding hydrogens is 204 g/mol. The number of nitrogens with one attached hydrogen (secondary N) is 1. The number of hydrogen-bond donors (Lipinski definition) is 1. The fourth-order valence-corrected chi connectivity index (χ4v) is 2.19. The number of carbonyl (C=O) groups excluding carboxylic acids is 2. The van der Waals surface area contributed by atoms with Gasteiger partial charge in [-0.05, 0) is 19.3 Å². The summed E-state index contributed by atoms with van der Waals surface area (Å²) in [4.78, 5) is 24.6. The lowest BCUT2D eigenvalue weighted by atomic mass is 10.3. The molecule has 4 nitrogen and oxygen atoms in total. The highest BCUT2D eigenvalue weighted by Crippen LogP contribution is 2.12. The summed E-state index contributed by atoms with van der Waals surface area (Å²) in [6.07, 6.45) is 5.88. The molecule has 1 saturated heterocycles. The van der Waals surface area contributed by atoms with Crippen molar-refractivity contribution in [1.82, 2.24) is 10.2 Å². The van der Waals surface area contributed by atoms with Gasteiger partial charge < -0.3 is 10.2 Å². The second kappa shape index (κ2) is 5.14. The maximum atomic E-state index is 11.7. The van der Waals surface area contributed by atoms with Gasteiger partial charge in [-0.25, -0.2) is 0 Å². The van der Waals surface area contributed by atoms with Crippen LogP contribution in [0.2, 0.25) is 0 Å². The summed E-state index contributed by atoms with van der Waals surface area (Å²) in [5.74, 6) is 0.420. The van der Waals surface area contributed by atoms with Crippen molar-refractivity contribution in [2.75, 3.05) is 19.6 Å². The zero-order valence-electron chi connectivity index (χ0n) is 9.50. The number of nitrogens with zero attached hydrogens (tertiary/aromatic N) is 1. The van der Waals surface area contributed by atoms with Gasteiger partial charge in [0.15, 0.2) is 5.78 Å². The molecule has 2 rings (SSSR count). The lowest BCUT2D eigenvalue weighted by Crippen LogP contribution is -2.30. The molecule has 0 aromatic rings. The van der Waals surface area contributed by atoms with E-state index >= 15 is 0 Å². The van der Waals surface area contributed by atoms with Crippen molar-refractivity contribution in [3.63, 3.8) is 0 Å². The third-order valence-corrected chi connectivity index (χ3v) is 3.13. The first-order valence-electron chi connectivity index (χ1n) is 6.01. The van der Waals surface area contributed by atoms with Crippen LogP contribution in [0, 0.1) is 0 Å². The van der Waals surface area contributed by atoms with Crippen LogP contribution in [0.3, 0.4) is 0 Å². The van der Waals surface area contributed by atoms with E-state index in [1.54, 1.807) is 6.08 Å². The SMILES string of the molecule is O=C1C=C(NCCC(=O)N2CCCC2)CC1. The smallest absolute Gasteiger partial charge is 0.224 e. The highest BCUT2D eigenvalue weighted by molar-refractivity contribution is 5.92. The van der Waals surface area contributed by atoms with Crippen LogP contribution >= 0.6 is 0 Å². The van der Waals surface area contributed by atoms with Crippen molar-refractivity contribution >= 4 is 11.7 Å². The first-order valence-corrected chi connectivity index (χ1v) is 6.01. The van der Waals surface area contributed by atoms with Gasteiger partial charge in [0.2, 0.25) is 5.91 Å². The summed E-state index contributed by atoms with van der Waals surface area (Å²) >= 11 is 0. The van der Waals surface area contributed by atoms with Crippen molar-refractivity contribution in [3.8, 4) is 0 Å². The van der Waals surface area contributed by atoms with Gasteiger partial charge >= 0.3 is 0 Å². The van der Waals surface area contributed by atoms with Gasteiger partial charge in [-0.15, -0.1) is 0 Å². The van der Waals surface area contributed by atoms with Crippen molar-refractivity contribution in [3.05, 3.63) is 11.8 Å². The summed E-state index contributed by atoms with van der Waals surface area (Å²) in [7, 11) is 0. The zero-order valence-corrected chi connectivity index (χ0v) is 9.50. The molecule has 16 heavy (non-hydrogen) atoms. The summed E-state index contributed by atoms with van der Waals surface area (Å²) in [6.45, 7) is 2.48. The molecule has 2 aliphatic rings. The molecule has 0 spiro atoms. The molecule has 0 bridgehead atoms. The van der Waals surface area contributed by atoms with E-state index in [1.165, 1.54) is 0 Å². The number of likely N-dealkylation sites (tertiary alicyclic amines) is 1. The minimum absolute atomic E-state index is 0.188. The van der Waals surface area contributed by atoms with E-state index in [2.05, 4.69) is 5.32 Å². The Balaban J connectivity index is 1.66. The van der Waals surface area contributed by atoms with Crippen LogP contribution in [0.4, 0.5) is 0 Å². The van der Waals surface area contributed by atoms with Gasteiger partial charge in [0.05, 0.1) is 0 Å². The number of hydrogen-bond acceptors (Lipinski definition) is 3. The molecule has 0 atom stereocenters. The Labute approximate surface area is 95.7 Å². The van der Waals surface area contributed by atoms with Crippen molar-refractivity contribution < 1.29 is 9.59 Å². The quantitative estimate of drug-likeness (QED) is 0.766. The van der Waals surface area contributed by atoms with Gasteiger partial charge in [-0.3, -0.25) is 9.59 Å². The molecule has 1 amide bonds. The number of ketones is 1. The average Bonchev–Trinajstić information content (AvgIpc) is 2.89. The topological polar surface area (TPSA) is 49.4 Å². The summed E-state index contributed by atoms with van der Waals surface area (Å²) in [5.41, 5.74) is 0.985. The van der Waals surface area contributed by atoms with Crippen molar-refractivity contribution in [2.24, 2.45) is 0 Å². The molecular formula is C12H18N2O2. The molecule has 0 aromatic carbocycles. The van der Waals surface area contributed by atoms with E-state index < -0.39 is 0 Å². The number of rotatable bonds is 4. The molecule has 0 saturated carbocycles. The lowest BCUT2D eigenvalue weighted by molar-refractivity contribution is -0.130. The van der Waals surface area contributed by atoms with Crippen LogP contribution < -0.4 is 5.32 Å². The maximum absolute atomic E-state index is 11.7. The Morgan fingerprint density at radius 3 is 2.69 bits per heavy atom. The van der Waals surface area contributed by atoms with Gasteiger partial charge in [0.1, 0.15) is 0 Å². The van der Waals surface area contributed by atoms with E-state index in [9.17, 15) is 9.59 Å². The summed E-state index contributed by atoms with van der Waals surface area (Å²) < 4.78 is 0. The molecule has 4 heteroatoms. The van der Waals surface area contributed by atoms with Gasteiger partial charge in [-0.2, -0.15) is 0 Å². The molecule has 1 aliphatic heterocycles. The van der Waals surface area contributed by atoms with Crippen molar-refractivity contribution in [1.29, 1.82) is 0 Å². The molecule has 1 N–H and O–H groups in total. The van der Waals surface area contributed by atoms with E-state index in [0.717, 1.165) is 38.0 Å². The second-order valence-corrected chi connectivity index (χ2v) is 4.40. The van der Waals surface area contributed by atoms with Gasteiger partial charge in [0.25, 0.3) is 0 Å². The normalized spacial score (nSPS) is 20.1. The number of amides is 1. The van der Waals surface area contributed by atoms with Crippen LogP contribution in [0.1, 0.15) is 32.1 Å². The van der Waals surface area contributed by atoms with Crippen LogP contribution in [0.25, 0.3) is 0 Å². The fourth-order valence-electron chi connectivity index (χ4n) is 2.19. The third kappa shape index (κ3) is 2.84. The Bertz CT molecular complexity index is 317. The minimum Gasteiger partial charge on any atom is -0.388 e. The van der Waals surface area contributed by atoms with Crippen LogP contribution in [0.5, 0.6) is 0 Å².